The molecule has 2 aromatic rings. The predicted octanol–water partition coefficient (Wildman–Crippen LogP) is 3.17. The van der Waals surface area contributed by atoms with Crippen LogP contribution in [0.2, 0.25) is 0 Å². The molecule has 0 aliphatic heterocycles. The number of benzene rings is 1. The van der Waals surface area contributed by atoms with E-state index in [2.05, 4.69) is 16.4 Å². The number of ether oxygens (including phenoxy) is 1. The SMILES string of the molecule is COc1ccc2c(NCC3CCCC(N)C3)nccc2c1. The summed E-state index contributed by atoms with van der Waals surface area (Å²) in [5.74, 6) is 2.48. The average Bonchev–Trinajstić information content (AvgIpc) is 2.52. The number of hydrogen-bond acceptors (Lipinski definition) is 4. The molecule has 0 saturated heterocycles. The van der Waals surface area contributed by atoms with Crippen molar-refractivity contribution >= 4 is 16.6 Å². The van der Waals surface area contributed by atoms with E-state index in [0.717, 1.165) is 35.3 Å². The normalized spacial score (nSPS) is 22.2. The van der Waals surface area contributed by atoms with Gasteiger partial charge in [0.2, 0.25) is 0 Å². The number of nitrogens with one attached hydrogen (secondary N) is 1. The van der Waals surface area contributed by atoms with Gasteiger partial charge in [-0.2, -0.15) is 0 Å². The van der Waals surface area contributed by atoms with Crippen molar-refractivity contribution in [2.45, 2.75) is 31.7 Å². The van der Waals surface area contributed by atoms with Gasteiger partial charge in [-0.05, 0) is 54.8 Å². The van der Waals surface area contributed by atoms with E-state index in [1.54, 1.807) is 7.11 Å². The van der Waals surface area contributed by atoms with Crippen LogP contribution >= 0.6 is 0 Å². The Morgan fingerprint density at radius 2 is 2.24 bits per heavy atom. The van der Waals surface area contributed by atoms with Crippen molar-refractivity contribution in [2.75, 3.05) is 19.0 Å². The second kappa shape index (κ2) is 6.31. The van der Waals surface area contributed by atoms with Crippen molar-refractivity contribution in [3.05, 3.63) is 30.5 Å². The first-order chi connectivity index (χ1) is 10.3. The number of nitrogens with zero attached hydrogens (tertiary/aromatic N) is 1. The molecule has 0 radical (unpaired) electrons. The van der Waals surface area contributed by atoms with E-state index < -0.39 is 0 Å². The molecular formula is C17H23N3O. The van der Waals surface area contributed by atoms with E-state index in [0.29, 0.717) is 12.0 Å². The van der Waals surface area contributed by atoms with E-state index in [-0.39, 0.29) is 0 Å². The lowest BCUT2D eigenvalue weighted by Crippen LogP contribution is -2.31. The number of rotatable bonds is 4. The van der Waals surface area contributed by atoms with Crippen LogP contribution in [0.5, 0.6) is 5.75 Å². The number of aromatic nitrogens is 1. The van der Waals surface area contributed by atoms with E-state index in [4.69, 9.17) is 10.5 Å². The van der Waals surface area contributed by atoms with Crippen molar-refractivity contribution in [1.29, 1.82) is 0 Å². The molecule has 1 heterocycles. The first-order valence-corrected chi connectivity index (χ1v) is 7.68. The number of hydrogen-bond donors (Lipinski definition) is 2. The highest BCUT2D eigenvalue weighted by Crippen LogP contribution is 2.27. The molecule has 3 rings (SSSR count). The van der Waals surface area contributed by atoms with Crippen LogP contribution in [0.4, 0.5) is 5.82 Å². The molecule has 2 unspecified atom stereocenters. The maximum absolute atomic E-state index is 6.06. The fourth-order valence-corrected chi connectivity index (χ4v) is 3.18. The van der Waals surface area contributed by atoms with Gasteiger partial charge in [-0.15, -0.1) is 0 Å². The van der Waals surface area contributed by atoms with Crippen molar-refractivity contribution in [3.8, 4) is 5.75 Å². The lowest BCUT2D eigenvalue weighted by atomic mass is 9.86. The number of pyridine rings is 1. The topological polar surface area (TPSA) is 60.2 Å². The fraction of sp³-hybridized carbons (Fsp3) is 0.471. The van der Waals surface area contributed by atoms with Gasteiger partial charge in [0, 0.05) is 24.2 Å². The van der Waals surface area contributed by atoms with Gasteiger partial charge < -0.3 is 15.8 Å². The first-order valence-electron chi connectivity index (χ1n) is 7.68. The van der Waals surface area contributed by atoms with Gasteiger partial charge in [0.1, 0.15) is 11.6 Å². The highest BCUT2D eigenvalue weighted by Gasteiger charge is 2.19. The molecule has 1 aliphatic rings. The van der Waals surface area contributed by atoms with E-state index in [1.807, 2.05) is 24.4 Å². The lowest BCUT2D eigenvalue weighted by molar-refractivity contribution is 0.335. The monoisotopic (exact) mass is 285 g/mol. The molecule has 1 aromatic carbocycles. The maximum atomic E-state index is 6.06. The summed E-state index contributed by atoms with van der Waals surface area (Å²) in [5, 5.41) is 5.79. The fourth-order valence-electron chi connectivity index (χ4n) is 3.18. The van der Waals surface area contributed by atoms with Crippen molar-refractivity contribution in [2.24, 2.45) is 11.7 Å². The summed E-state index contributed by atoms with van der Waals surface area (Å²) in [7, 11) is 1.69. The number of methoxy groups -OCH3 is 1. The Hall–Kier alpha value is -1.81. The standard InChI is InChI=1S/C17H23N3O/c1-21-15-5-6-16-13(10-15)7-8-19-17(16)20-11-12-3-2-4-14(18)9-12/h5-8,10,12,14H,2-4,9,11,18H2,1H3,(H,19,20). The maximum Gasteiger partial charge on any atom is 0.133 e. The van der Waals surface area contributed by atoms with Crippen molar-refractivity contribution in [3.63, 3.8) is 0 Å². The molecule has 2 atom stereocenters. The summed E-state index contributed by atoms with van der Waals surface area (Å²) < 4.78 is 5.27. The second-order valence-electron chi connectivity index (χ2n) is 5.92. The minimum atomic E-state index is 0.371. The third kappa shape index (κ3) is 3.27. The first kappa shape index (κ1) is 14.1. The van der Waals surface area contributed by atoms with Crippen molar-refractivity contribution in [1.82, 2.24) is 4.98 Å². The molecule has 112 valence electrons. The van der Waals surface area contributed by atoms with Gasteiger partial charge in [0.05, 0.1) is 7.11 Å². The van der Waals surface area contributed by atoms with Crippen LogP contribution in [-0.2, 0) is 0 Å². The molecular weight excluding hydrogens is 262 g/mol. The van der Waals surface area contributed by atoms with Gasteiger partial charge in [0.25, 0.3) is 0 Å². The van der Waals surface area contributed by atoms with Gasteiger partial charge >= 0.3 is 0 Å². The van der Waals surface area contributed by atoms with Crippen LogP contribution in [0, 0.1) is 5.92 Å². The minimum absolute atomic E-state index is 0.371. The van der Waals surface area contributed by atoms with Crippen LogP contribution in [0.25, 0.3) is 10.8 Å². The summed E-state index contributed by atoms with van der Waals surface area (Å²) in [5.41, 5.74) is 6.06. The molecule has 21 heavy (non-hydrogen) atoms. The summed E-state index contributed by atoms with van der Waals surface area (Å²) in [4.78, 5) is 4.48. The number of anilines is 1. The second-order valence-corrected chi connectivity index (χ2v) is 5.92. The highest BCUT2D eigenvalue weighted by molar-refractivity contribution is 5.92. The Morgan fingerprint density at radius 1 is 1.33 bits per heavy atom. The summed E-state index contributed by atoms with van der Waals surface area (Å²) in [6.45, 7) is 0.950. The molecule has 0 amide bonds. The molecule has 0 spiro atoms. The van der Waals surface area contributed by atoms with E-state index >= 15 is 0 Å². The molecule has 1 aliphatic carbocycles. The third-order valence-corrected chi connectivity index (χ3v) is 4.35. The molecule has 1 fully saturated rings. The molecule has 4 nitrogen and oxygen atoms in total. The zero-order valence-electron chi connectivity index (χ0n) is 12.5. The zero-order chi connectivity index (χ0) is 14.7. The quantitative estimate of drug-likeness (QED) is 0.906. The van der Waals surface area contributed by atoms with E-state index in [9.17, 15) is 0 Å². The van der Waals surface area contributed by atoms with Gasteiger partial charge in [-0.25, -0.2) is 4.98 Å². The van der Waals surface area contributed by atoms with Crippen LogP contribution in [0.15, 0.2) is 30.5 Å². The van der Waals surface area contributed by atoms with Crippen LogP contribution < -0.4 is 15.8 Å². The number of fused-ring (bicyclic) bond motifs is 1. The van der Waals surface area contributed by atoms with Gasteiger partial charge in [0.15, 0.2) is 0 Å². The molecule has 4 heteroatoms. The Morgan fingerprint density at radius 3 is 3.05 bits per heavy atom. The van der Waals surface area contributed by atoms with Crippen molar-refractivity contribution < 1.29 is 4.74 Å². The molecule has 1 aromatic heterocycles. The smallest absolute Gasteiger partial charge is 0.133 e. The third-order valence-electron chi connectivity index (χ3n) is 4.35. The average molecular weight is 285 g/mol. The van der Waals surface area contributed by atoms with Gasteiger partial charge in [-0.1, -0.05) is 6.42 Å². The molecule has 1 saturated carbocycles. The Labute approximate surface area is 125 Å². The Bertz CT molecular complexity index is 614. The molecule has 3 N–H and O–H groups in total. The minimum Gasteiger partial charge on any atom is -0.497 e. The number of nitrogens with two attached hydrogens (primary N) is 1. The van der Waals surface area contributed by atoms with Gasteiger partial charge in [-0.3, -0.25) is 0 Å². The predicted molar refractivity (Wildman–Crippen MR) is 86.7 cm³/mol. The van der Waals surface area contributed by atoms with Crippen LogP contribution in [0.1, 0.15) is 25.7 Å². The largest absolute Gasteiger partial charge is 0.497 e. The summed E-state index contributed by atoms with van der Waals surface area (Å²) in [6, 6.07) is 8.47. The van der Waals surface area contributed by atoms with Crippen LogP contribution in [0.3, 0.4) is 0 Å². The Balaban J connectivity index is 1.74. The summed E-state index contributed by atoms with van der Waals surface area (Å²) in [6.07, 6.45) is 6.64. The summed E-state index contributed by atoms with van der Waals surface area (Å²) >= 11 is 0. The van der Waals surface area contributed by atoms with E-state index in [1.165, 1.54) is 19.3 Å². The zero-order valence-corrected chi connectivity index (χ0v) is 12.5. The Kier molecular flexibility index (Phi) is 4.25. The lowest BCUT2D eigenvalue weighted by Gasteiger charge is -2.27. The highest BCUT2D eigenvalue weighted by atomic mass is 16.5. The molecule has 0 bridgehead atoms. The van der Waals surface area contributed by atoms with Crippen LogP contribution in [-0.4, -0.2) is 24.7 Å².